The summed E-state index contributed by atoms with van der Waals surface area (Å²) in [5.74, 6) is 0.336. The van der Waals surface area contributed by atoms with E-state index in [4.69, 9.17) is 10.5 Å². The van der Waals surface area contributed by atoms with Gasteiger partial charge in [-0.25, -0.2) is 4.79 Å². The molecular formula is C13H27N3O2. The second-order valence-corrected chi connectivity index (χ2v) is 6.02. The van der Waals surface area contributed by atoms with Gasteiger partial charge >= 0.3 is 6.09 Å². The largest absolute Gasteiger partial charge is 0.444 e. The first-order valence-corrected chi connectivity index (χ1v) is 6.66. The molecule has 0 radical (unpaired) electrons. The lowest BCUT2D eigenvalue weighted by atomic mass is 10.0. The van der Waals surface area contributed by atoms with Crippen LogP contribution in [0.25, 0.3) is 0 Å². The maximum absolute atomic E-state index is 12.0. The van der Waals surface area contributed by atoms with E-state index < -0.39 is 5.60 Å². The second-order valence-electron chi connectivity index (χ2n) is 6.02. The van der Waals surface area contributed by atoms with Crippen molar-refractivity contribution in [2.45, 2.75) is 39.3 Å². The summed E-state index contributed by atoms with van der Waals surface area (Å²) in [6.07, 6.45) is -0.229. The molecule has 5 heteroatoms. The molecule has 0 aromatic heterocycles. The summed E-state index contributed by atoms with van der Waals surface area (Å²) in [7, 11) is 2.08. The topological polar surface area (TPSA) is 58.8 Å². The van der Waals surface area contributed by atoms with Crippen molar-refractivity contribution in [1.29, 1.82) is 0 Å². The van der Waals surface area contributed by atoms with Crippen molar-refractivity contribution in [3.63, 3.8) is 0 Å². The van der Waals surface area contributed by atoms with Crippen LogP contribution >= 0.6 is 0 Å². The number of hydrogen-bond acceptors (Lipinski definition) is 4. The Morgan fingerprint density at radius 2 is 2.06 bits per heavy atom. The number of amides is 1. The Bertz CT molecular complexity index is 288. The SMILES string of the molecule is CCN(C)C1CN(C(=O)OC(C)(C)C)CC1CN. The van der Waals surface area contributed by atoms with Gasteiger partial charge in [-0.05, 0) is 40.9 Å². The van der Waals surface area contributed by atoms with Crippen molar-refractivity contribution in [2.75, 3.05) is 33.2 Å². The van der Waals surface area contributed by atoms with Gasteiger partial charge < -0.3 is 20.3 Å². The van der Waals surface area contributed by atoms with Gasteiger partial charge in [0.2, 0.25) is 0 Å². The lowest BCUT2D eigenvalue weighted by molar-refractivity contribution is 0.0280. The highest BCUT2D eigenvalue weighted by Crippen LogP contribution is 2.22. The number of nitrogens with two attached hydrogens (primary N) is 1. The third-order valence-corrected chi connectivity index (χ3v) is 3.43. The lowest BCUT2D eigenvalue weighted by Crippen LogP contribution is -2.41. The number of ether oxygens (including phenoxy) is 1. The fraction of sp³-hybridized carbons (Fsp3) is 0.923. The first-order chi connectivity index (χ1) is 8.28. The molecule has 1 heterocycles. The van der Waals surface area contributed by atoms with Gasteiger partial charge in [0.05, 0.1) is 0 Å². The summed E-state index contributed by atoms with van der Waals surface area (Å²) in [4.78, 5) is 16.1. The standard InChI is InChI=1S/C13H27N3O2/c1-6-15(5)11-9-16(8-10(11)7-14)12(17)18-13(2,3)4/h10-11H,6-9,14H2,1-5H3. The third kappa shape index (κ3) is 3.85. The van der Waals surface area contributed by atoms with E-state index in [0.29, 0.717) is 31.6 Å². The van der Waals surface area contributed by atoms with Gasteiger partial charge in [0, 0.05) is 25.0 Å². The Balaban J connectivity index is 2.63. The molecule has 5 nitrogen and oxygen atoms in total. The summed E-state index contributed by atoms with van der Waals surface area (Å²) in [5, 5.41) is 0. The van der Waals surface area contributed by atoms with Gasteiger partial charge in [-0.2, -0.15) is 0 Å². The normalized spacial score (nSPS) is 24.7. The zero-order valence-corrected chi connectivity index (χ0v) is 12.3. The zero-order chi connectivity index (χ0) is 13.9. The molecule has 1 fully saturated rings. The van der Waals surface area contributed by atoms with E-state index in [1.54, 1.807) is 4.90 Å². The van der Waals surface area contributed by atoms with Crippen LogP contribution in [0.5, 0.6) is 0 Å². The van der Waals surface area contributed by atoms with E-state index in [-0.39, 0.29) is 6.09 Å². The Hall–Kier alpha value is -0.810. The number of carbonyl (C=O) groups excluding carboxylic acids is 1. The van der Waals surface area contributed by atoms with Crippen LogP contribution in [-0.2, 0) is 4.74 Å². The van der Waals surface area contributed by atoms with E-state index in [1.165, 1.54) is 0 Å². The molecule has 1 aliphatic rings. The molecule has 0 saturated carbocycles. The van der Waals surface area contributed by atoms with Crippen LogP contribution in [0.1, 0.15) is 27.7 Å². The minimum Gasteiger partial charge on any atom is -0.444 e. The number of likely N-dealkylation sites (tertiary alicyclic amines) is 1. The number of nitrogens with zero attached hydrogens (tertiary/aromatic N) is 2. The van der Waals surface area contributed by atoms with E-state index in [9.17, 15) is 4.79 Å². The van der Waals surface area contributed by atoms with E-state index in [0.717, 1.165) is 6.54 Å². The number of rotatable bonds is 3. The molecule has 1 aliphatic heterocycles. The fourth-order valence-corrected chi connectivity index (χ4v) is 2.30. The summed E-state index contributed by atoms with van der Waals surface area (Å²) in [6.45, 7) is 10.7. The molecule has 0 aliphatic carbocycles. The molecule has 1 rings (SSSR count). The Morgan fingerprint density at radius 1 is 1.44 bits per heavy atom. The van der Waals surface area contributed by atoms with Crippen molar-refractivity contribution in [2.24, 2.45) is 11.7 Å². The van der Waals surface area contributed by atoms with Crippen molar-refractivity contribution in [3.8, 4) is 0 Å². The van der Waals surface area contributed by atoms with Gasteiger partial charge in [0.25, 0.3) is 0 Å². The Labute approximate surface area is 110 Å². The van der Waals surface area contributed by atoms with Crippen molar-refractivity contribution in [3.05, 3.63) is 0 Å². The van der Waals surface area contributed by atoms with Gasteiger partial charge in [-0.15, -0.1) is 0 Å². The molecule has 2 N–H and O–H groups in total. The minimum atomic E-state index is -0.440. The highest BCUT2D eigenvalue weighted by atomic mass is 16.6. The minimum absolute atomic E-state index is 0.229. The second kappa shape index (κ2) is 5.89. The van der Waals surface area contributed by atoms with E-state index >= 15 is 0 Å². The first-order valence-electron chi connectivity index (χ1n) is 6.66. The predicted molar refractivity (Wildman–Crippen MR) is 72.4 cm³/mol. The van der Waals surface area contributed by atoms with Crippen LogP contribution in [0.3, 0.4) is 0 Å². The molecule has 2 unspecified atom stereocenters. The average molecular weight is 257 g/mol. The van der Waals surface area contributed by atoms with Crippen molar-refractivity contribution in [1.82, 2.24) is 9.80 Å². The van der Waals surface area contributed by atoms with Crippen LogP contribution in [0.15, 0.2) is 0 Å². The van der Waals surface area contributed by atoms with Gasteiger partial charge in [0.1, 0.15) is 5.60 Å². The van der Waals surface area contributed by atoms with Crippen LogP contribution in [0.2, 0.25) is 0 Å². The first kappa shape index (κ1) is 15.2. The average Bonchev–Trinajstić information content (AvgIpc) is 2.69. The van der Waals surface area contributed by atoms with E-state index in [2.05, 4.69) is 18.9 Å². The Kier molecular flexibility index (Phi) is 4.99. The van der Waals surface area contributed by atoms with Crippen LogP contribution in [0.4, 0.5) is 4.79 Å². The maximum atomic E-state index is 12.0. The molecule has 0 aromatic carbocycles. The molecular weight excluding hydrogens is 230 g/mol. The summed E-state index contributed by atoms with van der Waals surface area (Å²) in [6, 6.07) is 0.340. The molecule has 0 bridgehead atoms. The molecule has 106 valence electrons. The highest BCUT2D eigenvalue weighted by Gasteiger charge is 2.37. The van der Waals surface area contributed by atoms with Crippen LogP contribution in [0, 0.1) is 5.92 Å². The lowest BCUT2D eigenvalue weighted by Gasteiger charge is -2.27. The van der Waals surface area contributed by atoms with Crippen LogP contribution < -0.4 is 5.73 Å². The van der Waals surface area contributed by atoms with Crippen molar-refractivity contribution < 1.29 is 9.53 Å². The van der Waals surface area contributed by atoms with Gasteiger partial charge in [-0.3, -0.25) is 0 Å². The molecule has 2 atom stereocenters. The monoisotopic (exact) mass is 257 g/mol. The summed E-state index contributed by atoms with van der Waals surface area (Å²) >= 11 is 0. The van der Waals surface area contributed by atoms with Crippen molar-refractivity contribution >= 4 is 6.09 Å². The Morgan fingerprint density at radius 3 is 2.50 bits per heavy atom. The molecule has 18 heavy (non-hydrogen) atoms. The molecule has 1 amide bonds. The third-order valence-electron chi connectivity index (χ3n) is 3.43. The molecule has 1 saturated heterocycles. The number of carbonyl (C=O) groups is 1. The van der Waals surface area contributed by atoms with Crippen LogP contribution in [-0.4, -0.2) is 60.8 Å². The summed E-state index contributed by atoms with van der Waals surface area (Å²) < 4.78 is 5.40. The smallest absolute Gasteiger partial charge is 0.410 e. The molecule has 0 aromatic rings. The maximum Gasteiger partial charge on any atom is 0.410 e. The van der Waals surface area contributed by atoms with Gasteiger partial charge in [-0.1, -0.05) is 6.92 Å². The quantitative estimate of drug-likeness (QED) is 0.823. The van der Waals surface area contributed by atoms with E-state index in [1.807, 2.05) is 20.8 Å². The highest BCUT2D eigenvalue weighted by molar-refractivity contribution is 5.68. The number of hydrogen-bond donors (Lipinski definition) is 1. The fourth-order valence-electron chi connectivity index (χ4n) is 2.30. The number of likely N-dealkylation sites (N-methyl/N-ethyl adjacent to an activating group) is 1. The summed E-state index contributed by atoms with van der Waals surface area (Å²) in [5.41, 5.74) is 5.36. The predicted octanol–water partition coefficient (Wildman–Crippen LogP) is 1.13. The molecule has 0 spiro atoms. The zero-order valence-electron chi connectivity index (χ0n) is 12.3. The van der Waals surface area contributed by atoms with Gasteiger partial charge in [0.15, 0.2) is 0 Å².